The van der Waals surface area contributed by atoms with E-state index in [0.29, 0.717) is 0 Å². The normalized spacial score (nSPS) is 12.8. The molecule has 0 saturated carbocycles. The van der Waals surface area contributed by atoms with Crippen LogP contribution in [-0.2, 0) is 16.2 Å². The second kappa shape index (κ2) is 8.12. The third kappa shape index (κ3) is 5.89. The molecular weight excluding hydrogens is 246 g/mol. The van der Waals surface area contributed by atoms with Crippen molar-refractivity contribution in [2.75, 3.05) is 0 Å². The molecule has 1 heterocycles. The molecule has 100 valence electrons. The van der Waals surface area contributed by atoms with Crippen LogP contribution in [0, 0.1) is 0 Å². The van der Waals surface area contributed by atoms with Crippen molar-refractivity contribution in [3.8, 4) is 0 Å². The monoisotopic (exact) mass is 259 g/mol. The minimum Gasteiger partial charge on any atom is -0.479 e. The van der Waals surface area contributed by atoms with Gasteiger partial charge in [-0.25, -0.2) is 9.59 Å². The molecule has 0 aromatic carbocycles. The summed E-state index contributed by atoms with van der Waals surface area (Å²) in [6, 6.07) is 3.62. The summed E-state index contributed by atoms with van der Waals surface area (Å²) in [6.45, 7) is 0.0772. The maximum Gasteiger partial charge on any atom is 0.335 e. The smallest absolute Gasteiger partial charge is 0.335 e. The van der Waals surface area contributed by atoms with Crippen LogP contribution in [0.25, 0.3) is 0 Å². The lowest BCUT2D eigenvalue weighted by atomic mass is 10.2. The molecule has 0 amide bonds. The number of carbonyl (C=O) groups is 2. The molecule has 0 aliphatic carbocycles. The minimum absolute atomic E-state index is 0.0772. The van der Waals surface area contributed by atoms with E-state index in [1.165, 1.54) is 0 Å². The molecule has 0 radical (unpaired) electrons. The van der Waals surface area contributed by atoms with E-state index < -0.39 is 24.1 Å². The van der Waals surface area contributed by atoms with Gasteiger partial charge in [0.1, 0.15) is 0 Å². The van der Waals surface area contributed by atoms with E-state index in [-0.39, 0.29) is 6.61 Å². The number of aliphatic hydroxyl groups excluding tert-OH is 3. The summed E-state index contributed by atoms with van der Waals surface area (Å²) in [5.41, 5.74) is 0.854. The van der Waals surface area contributed by atoms with Crippen molar-refractivity contribution in [3.05, 3.63) is 30.1 Å². The Kier molecular flexibility index (Phi) is 7.20. The fourth-order valence-corrected chi connectivity index (χ4v) is 0.762. The van der Waals surface area contributed by atoms with Gasteiger partial charge in [-0.2, -0.15) is 0 Å². The topological polar surface area (TPSA) is 148 Å². The van der Waals surface area contributed by atoms with Crippen LogP contribution in [0.15, 0.2) is 24.5 Å². The van der Waals surface area contributed by atoms with Gasteiger partial charge >= 0.3 is 11.9 Å². The standard InChI is InChI=1S/C6H7NO.C4H6O6/c8-5-6-2-1-3-7-4-6;5-1(3(7)8)2(6)4(9)10/h1-4,8H,5H2;1-2,5-6H,(H,7,8)(H,9,10)/t;1-,2-/m.0/s1. The summed E-state index contributed by atoms with van der Waals surface area (Å²) >= 11 is 0. The van der Waals surface area contributed by atoms with E-state index in [1.54, 1.807) is 18.5 Å². The zero-order valence-corrected chi connectivity index (χ0v) is 9.17. The number of hydrogen-bond acceptors (Lipinski definition) is 6. The molecule has 0 fully saturated rings. The first kappa shape index (κ1) is 16.0. The lowest BCUT2D eigenvalue weighted by Crippen LogP contribution is -2.39. The van der Waals surface area contributed by atoms with Gasteiger partial charge in [0.25, 0.3) is 0 Å². The molecule has 0 aliphatic rings. The quantitative estimate of drug-likeness (QED) is 0.436. The van der Waals surface area contributed by atoms with Gasteiger partial charge in [0.2, 0.25) is 0 Å². The Morgan fingerprint density at radius 1 is 1.17 bits per heavy atom. The fourth-order valence-electron chi connectivity index (χ4n) is 0.762. The van der Waals surface area contributed by atoms with Crippen LogP contribution < -0.4 is 0 Å². The van der Waals surface area contributed by atoms with E-state index in [2.05, 4.69) is 4.98 Å². The van der Waals surface area contributed by atoms with Crippen molar-refractivity contribution >= 4 is 11.9 Å². The average molecular weight is 259 g/mol. The van der Waals surface area contributed by atoms with Gasteiger partial charge in [0, 0.05) is 12.4 Å². The predicted molar refractivity (Wildman–Crippen MR) is 57.4 cm³/mol. The molecule has 1 aromatic heterocycles. The van der Waals surface area contributed by atoms with Gasteiger partial charge in [-0.15, -0.1) is 0 Å². The predicted octanol–water partition coefficient (Wildman–Crippen LogP) is -1.55. The van der Waals surface area contributed by atoms with Gasteiger partial charge < -0.3 is 25.5 Å². The Morgan fingerprint density at radius 2 is 1.67 bits per heavy atom. The third-order valence-electron chi connectivity index (χ3n) is 1.71. The maximum atomic E-state index is 9.77. The summed E-state index contributed by atoms with van der Waals surface area (Å²) in [5.74, 6) is -3.54. The lowest BCUT2D eigenvalue weighted by Gasteiger charge is -2.07. The first-order chi connectivity index (χ1) is 8.40. The molecule has 0 aliphatic heterocycles. The molecule has 0 saturated heterocycles. The molecule has 18 heavy (non-hydrogen) atoms. The zero-order valence-electron chi connectivity index (χ0n) is 9.17. The van der Waals surface area contributed by atoms with Crippen molar-refractivity contribution < 1.29 is 35.1 Å². The Balaban J connectivity index is 0.000000327. The number of carboxylic acids is 2. The Bertz CT molecular complexity index is 363. The largest absolute Gasteiger partial charge is 0.479 e. The molecule has 5 N–H and O–H groups in total. The minimum atomic E-state index is -2.27. The van der Waals surface area contributed by atoms with Crippen LogP contribution in [0.4, 0.5) is 0 Å². The van der Waals surface area contributed by atoms with Gasteiger partial charge in [-0.05, 0) is 11.6 Å². The van der Waals surface area contributed by atoms with E-state index in [0.717, 1.165) is 5.56 Å². The van der Waals surface area contributed by atoms with Crippen molar-refractivity contribution in [2.45, 2.75) is 18.8 Å². The number of aliphatic carboxylic acids is 2. The molecule has 1 aromatic rings. The zero-order chi connectivity index (χ0) is 14.1. The molecule has 0 spiro atoms. The molecule has 0 unspecified atom stereocenters. The molecule has 8 nitrogen and oxygen atoms in total. The van der Waals surface area contributed by atoms with E-state index in [9.17, 15) is 9.59 Å². The highest BCUT2D eigenvalue weighted by molar-refractivity contribution is 5.83. The molecular formula is C10H13NO7. The van der Waals surface area contributed by atoms with Gasteiger partial charge in [-0.3, -0.25) is 4.98 Å². The van der Waals surface area contributed by atoms with Crippen molar-refractivity contribution in [1.82, 2.24) is 4.98 Å². The third-order valence-corrected chi connectivity index (χ3v) is 1.71. The van der Waals surface area contributed by atoms with Gasteiger partial charge in [0.15, 0.2) is 12.2 Å². The molecule has 2 atom stereocenters. The number of carboxylic acid groups (broad SMARTS) is 2. The average Bonchev–Trinajstić information content (AvgIpc) is 2.38. The van der Waals surface area contributed by atoms with Gasteiger partial charge in [-0.1, -0.05) is 6.07 Å². The van der Waals surface area contributed by atoms with Crippen molar-refractivity contribution in [3.63, 3.8) is 0 Å². The highest BCUT2D eigenvalue weighted by Gasteiger charge is 2.29. The van der Waals surface area contributed by atoms with Crippen LogP contribution in [0.3, 0.4) is 0 Å². The SMILES string of the molecule is O=C(O)[C@@H](O)[C@H](O)C(=O)O.OCc1cccnc1. The lowest BCUT2D eigenvalue weighted by molar-refractivity contribution is -0.165. The molecule has 0 bridgehead atoms. The first-order valence-electron chi connectivity index (χ1n) is 4.71. The Labute approximate surface area is 102 Å². The maximum absolute atomic E-state index is 9.77. The van der Waals surface area contributed by atoms with Crippen LogP contribution in [0.1, 0.15) is 5.56 Å². The number of rotatable bonds is 4. The first-order valence-corrected chi connectivity index (χ1v) is 4.71. The second-order valence-corrected chi connectivity index (χ2v) is 3.09. The summed E-state index contributed by atoms with van der Waals surface area (Å²) in [7, 11) is 0. The fraction of sp³-hybridized carbons (Fsp3) is 0.300. The van der Waals surface area contributed by atoms with Crippen LogP contribution in [-0.4, -0.2) is 54.7 Å². The number of hydrogen-bond donors (Lipinski definition) is 5. The van der Waals surface area contributed by atoms with Crippen LogP contribution in [0.2, 0.25) is 0 Å². The van der Waals surface area contributed by atoms with Crippen LogP contribution >= 0.6 is 0 Å². The number of nitrogens with zero attached hydrogens (tertiary/aromatic N) is 1. The Hall–Kier alpha value is -2.03. The van der Waals surface area contributed by atoms with E-state index in [4.69, 9.17) is 25.5 Å². The Morgan fingerprint density at radius 3 is 1.89 bits per heavy atom. The number of aromatic nitrogens is 1. The van der Waals surface area contributed by atoms with E-state index >= 15 is 0 Å². The second-order valence-electron chi connectivity index (χ2n) is 3.09. The summed E-state index contributed by atoms with van der Waals surface area (Å²) in [5, 5.41) is 41.0. The highest BCUT2D eigenvalue weighted by Crippen LogP contribution is 1.93. The summed E-state index contributed by atoms with van der Waals surface area (Å²) in [6.07, 6.45) is -1.21. The molecule has 1 rings (SSSR count). The van der Waals surface area contributed by atoms with E-state index in [1.807, 2.05) is 6.07 Å². The van der Waals surface area contributed by atoms with Crippen molar-refractivity contribution in [1.29, 1.82) is 0 Å². The van der Waals surface area contributed by atoms with Crippen LogP contribution in [0.5, 0.6) is 0 Å². The summed E-state index contributed by atoms with van der Waals surface area (Å²) in [4.78, 5) is 23.3. The number of aliphatic hydroxyl groups is 3. The highest BCUT2D eigenvalue weighted by atomic mass is 16.4. The van der Waals surface area contributed by atoms with Gasteiger partial charge in [0.05, 0.1) is 6.61 Å². The molecule has 8 heteroatoms. The summed E-state index contributed by atoms with van der Waals surface area (Å²) < 4.78 is 0. The number of pyridine rings is 1. The van der Waals surface area contributed by atoms with Crippen molar-refractivity contribution in [2.24, 2.45) is 0 Å².